The molecule has 6 rings (SSSR count). The van der Waals surface area contributed by atoms with Crippen LogP contribution in [0, 0.1) is 11.7 Å². The van der Waals surface area contributed by atoms with Crippen LogP contribution >= 0.6 is 22.7 Å². The Morgan fingerprint density at radius 3 is 2.79 bits per heavy atom. The Morgan fingerprint density at radius 1 is 1.18 bits per heavy atom. The van der Waals surface area contributed by atoms with Crippen molar-refractivity contribution >= 4 is 49.8 Å². The first-order valence-electron chi connectivity index (χ1n) is 12.9. The van der Waals surface area contributed by atoms with Gasteiger partial charge in [0, 0.05) is 26.2 Å². The molecule has 1 aliphatic heterocycles. The quantitative estimate of drug-likeness (QED) is 0.332. The fourth-order valence-corrected chi connectivity index (χ4v) is 7.59. The Kier molecular flexibility index (Phi) is 6.61. The molecule has 196 valence electrons. The zero-order valence-corrected chi connectivity index (χ0v) is 22.8. The van der Waals surface area contributed by atoms with Crippen LogP contribution in [0.3, 0.4) is 0 Å². The fraction of sp³-hybridized carbons (Fsp3) is 0.357. The number of thiazole rings is 2. The molecule has 4 aromatic rings. The Labute approximate surface area is 228 Å². The molecule has 1 aliphatic carbocycles. The number of amides is 2. The molecule has 2 aromatic heterocycles. The van der Waals surface area contributed by atoms with Crippen LogP contribution in [0.2, 0.25) is 0 Å². The predicted octanol–water partition coefficient (Wildman–Crippen LogP) is 5.44. The third-order valence-electron chi connectivity index (χ3n) is 7.77. The molecule has 0 radical (unpaired) electrons. The lowest BCUT2D eigenvalue weighted by Crippen LogP contribution is -2.50. The highest BCUT2D eigenvalue weighted by molar-refractivity contribution is 7.19. The van der Waals surface area contributed by atoms with Gasteiger partial charge in [0.1, 0.15) is 11.5 Å². The number of rotatable bonds is 7. The van der Waals surface area contributed by atoms with E-state index in [9.17, 15) is 14.0 Å². The number of nitrogens with one attached hydrogen (secondary N) is 1. The van der Waals surface area contributed by atoms with Gasteiger partial charge in [-0.1, -0.05) is 29.5 Å². The van der Waals surface area contributed by atoms with Gasteiger partial charge in [-0.05, 0) is 61.9 Å². The molecule has 0 spiro atoms. The normalized spacial score (nSPS) is 20.3. The maximum atomic E-state index is 14.1. The standard InChI is InChI=1S/C28H28FN5O2S2/c1-3-33(2)28-32-23(24(38-28)16-7-10-18(29)11-8-16)27(36)34-19-12-9-17(13-19)22(34)14-30-26(35)20-5-4-6-21-25(20)37-15-31-21/h4-8,10-11,15,17,19,22H,3,9,12-14H2,1-2H3,(H,30,35)/t17-,19+,22+/m1/s1. The molecule has 3 atom stereocenters. The number of carbonyl (C=O) groups excluding carboxylic acids is 2. The largest absolute Gasteiger partial charge is 0.351 e. The van der Waals surface area contributed by atoms with Crippen molar-refractivity contribution in [3.63, 3.8) is 0 Å². The van der Waals surface area contributed by atoms with Crippen LogP contribution in [0.1, 0.15) is 47.0 Å². The van der Waals surface area contributed by atoms with Gasteiger partial charge in [-0.2, -0.15) is 0 Å². The highest BCUT2D eigenvalue weighted by atomic mass is 32.1. The van der Waals surface area contributed by atoms with Crippen molar-refractivity contribution in [3.8, 4) is 10.4 Å². The van der Waals surface area contributed by atoms with Gasteiger partial charge in [0.05, 0.1) is 32.2 Å². The van der Waals surface area contributed by atoms with Crippen LogP contribution in [0.15, 0.2) is 48.0 Å². The van der Waals surface area contributed by atoms with E-state index in [0.29, 0.717) is 23.7 Å². The molecule has 1 N–H and O–H groups in total. The van der Waals surface area contributed by atoms with Crippen molar-refractivity contribution in [2.24, 2.45) is 5.92 Å². The summed E-state index contributed by atoms with van der Waals surface area (Å²) < 4.78 is 14.5. The Balaban J connectivity index is 1.28. The minimum Gasteiger partial charge on any atom is -0.351 e. The van der Waals surface area contributed by atoms with E-state index in [1.54, 1.807) is 17.6 Å². The van der Waals surface area contributed by atoms with Crippen molar-refractivity contribution in [1.29, 1.82) is 0 Å². The second-order valence-corrected chi connectivity index (χ2v) is 11.8. The van der Waals surface area contributed by atoms with Crippen molar-refractivity contribution < 1.29 is 14.0 Å². The Morgan fingerprint density at radius 2 is 2.00 bits per heavy atom. The van der Waals surface area contributed by atoms with Crippen LogP contribution in [-0.4, -0.2) is 58.9 Å². The number of nitrogens with zero attached hydrogens (tertiary/aromatic N) is 4. The minimum absolute atomic E-state index is 0.0963. The van der Waals surface area contributed by atoms with Crippen molar-refractivity contribution in [2.45, 2.75) is 38.3 Å². The molecular weight excluding hydrogens is 521 g/mol. The van der Waals surface area contributed by atoms with E-state index in [2.05, 4.69) is 10.3 Å². The molecule has 2 aliphatic rings. The summed E-state index contributed by atoms with van der Waals surface area (Å²) in [7, 11) is 1.95. The average molecular weight is 550 g/mol. The molecule has 2 aromatic carbocycles. The van der Waals surface area contributed by atoms with Gasteiger partial charge in [0.15, 0.2) is 5.13 Å². The van der Waals surface area contributed by atoms with Gasteiger partial charge in [0.25, 0.3) is 11.8 Å². The molecule has 2 amide bonds. The number of halogens is 1. The lowest BCUT2D eigenvalue weighted by molar-refractivity contribution is 0.0578. The predicted molar refractivity (Wildman–Crippen MR) is 149 cm³/mol. The third kappa shape index (κ3) is 4.35. The number of benzene rings is 2. The van der Waals surface area contributed by atoms with E-state index in [-0.39, 0.29) is 29.7 Å². The van der Waals surface area contributed by atoms with Crippen LogP contribution in [0.5, 0.6) is 0 Å². The fourth-order valence-electron chi connectivity index (χ4n) is 5.70. The summed E-state index contributed by atoms with van der Waals surface area (Å²) in [6, 6.07) is 11.8. The first-order chi connectivity index (χ1) is 18.4. The Hall–Kier alpha value is -3.37. The number of anilines is 1. The maximum Gasteiger partial charge on any atom is 0.274 e. The van der Waals surface area contributed by atoms with E-state index >= 15 is 0 Å². The number of carbonyl (C=O) groups is 2. The van der Waals surface area contributed by atoms with Crippen LogP contribution < -0.4 is 10.2 Å². The van der Waals surface area contributed by atoms with Crippen LogP contribution in [0.25, 0.3) is 20.7 Å². The molecular formula is C28H28FN5O2S2. The lowest BCUT2D eigenvalue weighted by Gasteiger charge is -2.35. The summed E-state index contributed by atoms with van der Waals surface area (Å²) in [5.74, 6) is -0.247. The first-order valence-corrected chi connectivity index (χ1v) is 14.5. The first kappa shape index (κ1) is 24.9. The highest BCUT2D eigenvalue weighted by Crippen LogP contribution is 2.44. The summed E-state index contributed by atoms with van der Waals surface area (Å²) in [6.07, 6.45) is 2.94. The molecule has 2 fully saturated rings. The summed E-state index contributed by atoms with van der Waals surface area (Å²) in [5, 5.41) is 3.86. The third-order valence-corrected chi connectivity index (χ3v) is 9.87. The number of aromatic nitrogens is 2. The van der Waals surface area contributed by atoms with Crippen molar-refractivity contribution in [1.82, 2.24) is 20.2 Å². The smallest absolute Gasteiger partial charge is 0.274 e. The lowest BCUT2D eigenvalue weighted by atomic mass is 9.98. The molecule has 38 heavy (non-hydrogen) atoms. The number of piperidine rings is 1. The molecule has 7 nitrogen and oxygen atoms in total. The maximum absolute atomic E-state index is 14.1. The summed E-state index contributed by atoms with van der Waals surface area (Å²) >= 11 is 2.90. The van der Waals surface area contributed by atoms with Gasteiger partial charge in [-0.25, -0.2) is 14.4 Å². The molecule has 10 heteroatoms. The van der Waals surface area contributed by atoms with E-state index in [1.807, 2.05) is 42.0 Å². The van der Waals surface area contributed by atoms with E-state index in [4.69, 9.17) is 4.98 Å². The van der Waals surface area contributed by atoms with Gasteiger partial charge in [-0.3, -0.25) is 9.59 Å². The zero-order valence-electron chi connectivity index (χ0n) is 21.2. The second kappa shape index (κ2) is 10.1. The summed E-state index contributed by atoms with van der Waals surface area (Å²) in [6.45, 7) is 3.17. The van der Waals surface area contributed by atoms with E-state index < -0.39 is 0 Å². The minimum atomic E-state index is -0.321. The number of hydrogen-bond donors (Lipinski definition) is 1. The molecule has 1 saturated heterocycles. The van der Waals surface area contributed by atoms with Crippen molar-refractivity contribution in [3.05, 3.63) is 65.0 Å². The van der Waals surface area contributed by atoms with Crippen LogP contribution in [-0.2, 0) is 0 Å². The Bertz CT molecular complexity index is 1500. The highest BCUT2D eigenvalue weighted by Gasteiger charge is 2.49. The topological polar surface area (TPSA) is 78.4 Å². The molecule has 0 unspecified atom stereocenters. The summed E-state index contributed by atoms with van der Waals surface area (Å²) in [5.41, 5.74) is 4.33. The second-order valence-electron chi connectivity index (χ2n) is 9.92. The molecule has 3 heterocycles. The monoisotopic (exact) mass is 549 g/mol. The summed E-state index contributed by atoms with van der Waals surface area (Å²) in [4.78, 5) is 41.1. The van der Waals surface area contributed by atoms with Gasteiger partial charge in [-0.15, -0.1) is 11.3 Å². The number of fused-ring (bicyclic) bond motifs is 3. The molecule has 1 saturated carbocycles. The molecule has 2 bridgehead atoms. The number of hydrogen-bond acceptors (Lipinski definition) is 7. The van der Waals surface area contributed by atoms with E-state index in [1.165, 1.54) is 34.8 Å². The van der Waals surface area contributed by atoms with Crippen LogP contribution in [0.4, 0.5) is 9.52 Å². The average Bonchev–Trinajstić information content (AvgIpc) is 3.74. The SMILES string of the molecule is CCN(C)c1nc(C(=O)N2[C@H]3CC[C@H](C3)[C@@H]2CNC(=O)c2cccc3ncsc23)c(-c2ccc(F)cc2)s1. The van der Waals surface area contributed by atoms with Crippen molar-refractivity contribution in [2.75, 3.05) is 25.0 Å². The van der Waals surface area contributed by atoms with Gasteiger partial charge < -0.3 is 15.1 Å². The van der Waals surface area contributed by atoms with E-state index in [0.717, 1.165) is 51.6 Å². The van der Waals surface area contributed by atoms with Gasteiger partial charge in [0.2, 0.25) is 0 Å². The van der Waals surface area contributed by atoms with Gasteiger partial charge >= 0.3 is 0 Å². The zero-order chi connectivity index (χ0) is 26.4. The number of likely N-dealkylation sites (tertiary alicyclic amines) is 1.